The van der Waals surface area contributed by atoms with Crippen molar-refractivity contribution < 1.29 is 19.8 Å². The molecule has 3 aliphatic rings. The van der Waals surface area contributed by atoms with Crippen LogP contribution >= 0.6 is 0 Å². The molecule has 0 radical (unpaired) electrons. The number of aliphatic carboxylic acids is 2. The second-order valence-corrected chi connectivity index (χ2v) is 8.91. The van der Waals surface area contributed by atoms with Crippen molar-refractivity contribution in [3.05, 3.63) is 0 Å². The first-order valence-corrected chi connectivity index (χ1v) is 9.20. The molecule has 6 atom stereocenters. The summed E-state index contributed by atoms with van der Waals surface area (Å²) in [7, 11) is 0. The van der Waals surface area contributed by atoms with Crippen molar-refractivity contribution in [3.63, 3.8) is 0 Å². The molecule has 0 heterocycles. The minimum absolute atomic E-state index is 0.00288. The van der Waals surface area contributed by atoms with E-state index in [9.17, 15) is 19.8 Å². The van der Waals surface area contributed by atoms with Crippen LogP contribution in [0.15, 0.2) is 0 Å². The molecule has 0 saturated heterocycles. The zero-order valence-electron chi connectivity index (χ0n) is 14.4. The summed E-state index contributed by atoms with van der Waals surface area (Å²) in [6.07, 6.45) is 8.38. The Morgan fingerprint density at radius 2 is 1.70 bits per heavy atom. The van der Waals surface area contributed by atoms with E-state index in [1.807, 2.05) is 0 Å². The molecule has 3 saturated carbocycles. The Labute approximate surface area is 138 Å². The number of hydrogen-bond donors (Lipinski definition) is 2. The zero-order chi connectivity index (χ0) is 16.8. The molecule has 23 heavy (non-hydrogen) atoms. The van der Waals surface area contributed by atoms with Crippen molar-refractivity contribution in [1.82, 2.24) is 0 Å². The third kappa shape index (κ3) is 2.78. The highest BCUT2D eigenvalue weighted by Crippen LogP contribution is 2.64. The monoisotopic (exact) mass is 322 g/mol. The smallest absolute Gasteiger partial charge is 0.303 e. The van der Waals surface area contributed by atoms with Crippen molar-refractivity contribution in [3.8, 4) is 0 Å². The van der Waals surface area contributed by atoms with Gasteiger partial charge in [-0.05, 0) is 73.0 Å². The molecule has 0 aromatic heterocycles. The normalized spacial score (nSPS) is 46.0. The predicted octanol–water partition coefficient (Wildman–Crippen LogP) is 4.18. The molecule has 0 aromatic carbocycles. The average Bonchev–Trinajstić information content (AvgIpc) is 2.82. The fraction of sp³-hybridized carbons (Fsp3) is 0.895. The molecule has 0 spiro atoms. The van der Waals surface area contributed by atoms with Crippen molar-refractivity contribution in [1.29, 1.82) is 0 Å². The Bertz CT molecular complexity index is 502. The van der Waals surface area contributed by atoms with Gasteiger partial charge in [0.05, 0.1) is 6.42 Å². The van der Waals surface area contributed by atoms with Gasteiger partial charge in [0.2, 0.25) is 0 Å². The Kier molecular flexibility index (Phi) is 4.22. The van der Waals surface area contributed by atoms with Crippen LogP contribution in [0.4, 0.5) is 0 Å². The van der Waals surface area contributed by atoms with Gasteiger partial charge < -0.3 is 10.2 Å². The Hall–Kier alpha value is -1.06. The number of carboxylic acids is 2. The predicted molar refractivity (Wildman–Crippen MR) is 87.0 cm³/mol. The number of rotatable bonds is 4. The quantitative estimate of drug-likeness (QED) is 0.814. The molecule has 0 amide bonds. The van der Waals surface area contributed by atoms with Gasteiger partial charge in [0.1, 0.15) is 0 Å². The number of carboxylic acid groups (broad SMARTS) is 2. The van der Waals surface area contributed by atoms with E-state index in [4.69, 9.17) is 0 Å². The lowest BCUT2D eigenvalue weighted by Gasteiger charge is -2.58. The van der Waals surface area contributed by atoms with Gasteiger partial charge in [0.15, 0.2) is 0 Å². The highest BCUT2D eigenvalue weighted by molar-refractivity contribution is 5.69. The van der Waals surface area contributed by atoms with Gasteiger partial charge in [-0.1, -0.05) is 20.3 Å². The molecule has 130 valence electrons. The first-order valence-electron chi connectivity index (χ1n) is 9.20. The summed E-state index contributed by atoms with van der Waals surface area (Å²) >= 11 is 0. The highest BCUT2D eigenvalue weighted by Gasteiger charge is 2.57. The third-order valence-corrected chi connectivity index (χ3v) is 7.80. The van der Waals surface area contributed by atoms with Gasteiger partial charge in [-0.25, -0.2) is 0 Å². The van der Waals surface area contributed by atoms with Crippen molar-refractivity contribution in [2.75, 3.05) is 0 Å². The second-order valence-electron chi connectivity index (χ2n) is 8.91. The van der Waals surface area contributed by atoms with Crippen LogP contribution in [0.2, 0.25) is 0 Å². The van der Waals surface area contributed by atoms with Crippen LogP contribution in [0.1, 0.15) is 71.6 Å². The molecule has 4 nitrogen and oxygen atoms in total. The summed E-state index contributed by atoms with van der Waals surface area (Å²) in [6, 6.07) is 0. The maximum Gasteiger partial charge on any atom is 0.303 e. The molecule has 0 aliphatic heterocycles. The van der Waals surface area contributed by atoms with Gasteiger partial charge >= 0.3 is 11.9 Å². The van der Waals surface area contributed by atoms with Crippen molar-refractivity contribution in [2.24, 2.45) is 34.5 Å². The molecule has 3 fully saturated rings. The molecule has 3 rings (SSSR count). The molecular formula is C19H30O4. The van der Waals surface area contributed by atoms with Gasteiger partial charge in [-0.15, -0.1) is 0 Å². The minimum atomic E-state index is -0.786. The van der Waals surface area contributed by atoms with Crippen molar-refractivity contribution >= 4 is 11.9 Å². The van der Waals surface area contributed by atoms with Crippen molar-refractivity contribution in [2.45, 2.75) is 71.6 Å². The van der Waals surface area contributed by atoms with E-state index in [1.165, 1.54) is 25.7 Å². The van der Waals surface area contributed by atoms with Crippen LogP contribution in [0.3, 0.4) is 0 Å². The molecule has 0 aromatic rings. The minimum Gasteiger partial charge on any atom is -0.481 e. The maximum atomic E-state index is 11.5. The zero-order valence-corrected chi connectivity index (χ0v) is 14.4. The molecule has 4 heteroatoms. The fourth-order valence-corrected chi connectivity index (χ4v) is 6.68. The standard InChI is InChI=1S/C19H30O4/c1-18-8-3-4-14(18)13-6-5-12(10-16(20)21)19(2,11-17(22)23)15(13)7-9-18/h12-15H,3-11H2,1-2H3,(H,20,21)(H,22,23)/t12-,13+,14-,15-,18-,19+/m1/s1. The SMILES string of the molecule is C[C@]12CCC[C@@H]1[C@@H]1CC[C@H](CC(=O)O)[C@](C)(CC(=O)O)[C@@H]1CC2. The van der Waals surface area contributed by atoms with Gasteiger partial charge in [-0.3, -0.25) is 9.59 Å². The Morgan fingerprint density at radius 3 is 2.35 bits per heavy atom. The lowest BCUT2D eigenvalue weighted by atomic mass is 9.47. The van der Waals surface area contributed by atoms with Gasteiger partial charge in [0, 0.05) is 6.42 Å². The van der Waals surface area contributed by atoms with E-state index < -0.39 is 11.9 Å². The first kappa shape index (κ1) is 16.8. The Morgan fingerprint density at radius 1 is 0.957 bits per heavy atom. The summed E-state index contributed by atoms with van der Waals surface area (Å²) in [5.41, 5.74) is 0.0853. The average molecular weight is 322 g/mol. The lowest BCUT2D eigenvalue weighted by Crippen LogP contribution is -2.52. The molecule has 0 bridgehead atoms. The summed E-state index contributed by atoms with van der Waals surface area (Å²) in [5.74, 6) is 0.150. The topological polar surface area (TPSA) is 74.6 Å². The lowest BCUT2D eigenvalue weighted by molar-refractivity contribution is -0.154. The number of fused-ring (bicyclic) bond motifs is 3. The van der Waals surface area contributed by atoms with E-state index in [1.54, 1.807) is 0 Å². The first-order chi connectivity index (χ1) is 10.8. The number of hydrogen-bond acceptors (Lipinski definition) is 2. The summed E-state index contributed by atoms with van der Waals surface area (Å²) in [6.45, 7) is 4.50. The van der Waals surface area contributed by atoms with Crippen LogP contribution in [-0.4, -0.2) is 22.2 Å². The molecule has 2 N–H and O–H groups in total. The summed E-state index contributed by atoms with van der Waals surface area (Å²) < 4.78 is 0. The van der Waals surface area contributed by atoms with Crippen LogP contribution in [0, 0.1) is 34.5 Å². The fourth-order valence-electron chi connectivity index (χ4n) is 6.68. The largest absolute Gasteiger partial charge is 0.481 e. The van der Waals surface area contributed by atoms with Gasteiger partial charge in [0.25, 0.3) is 0 Å². The van der Waals surface area contributed by atoms with Crippen LogP contribution < -0.4 is 0 Å². The van der Waals surface area contributed by atoms with E-state index in [0.29, 0.717) is 17.3 Å². The molecular weight excluding hydrogens is 292 g/mol. The summed E-state index contributed by atoms with van der Waals surface area (Å²) in [5, 5.41) is 18.7. The highest BCUT2D eigenvalue weighted by atomic mass is 16.4. The van der Waals surface area contributed by atoms with E-state index >= 15 is 0 Å². The van der Waals surface area contributed by atoms with Crippen LogP contribution in [0.5, 0.6) is 0 Å². The molecule has 0 unspecified atom stereocenters. The number of carbonyl (C=O) groups is 2. The van der Waals surface area contributed by atoms with E-state index in [-0.39, 0.29) is 24.2 Å². The third-order valence-electron chi connectivity index (χ3n) is 7.80. The Balaban J connectivity index is 1.90. The van der Waals surface area contributed by atoms with E-state index in [0.717, 1.165) is 25.2 Å². The van der Waals surface area contributed by atoms with Crippen LogP contribution in [0.25, 0.3) is 0 Å². The maximum absolute atomic E-state index is 11.5. The van der Waals surface area contributed by atoms with E-state index in [2.05, 4.69) is 13.8 Å². The van der Waals surface area contributed by atoms with Gasteiger partial charge in [-0.2, -0.15) is 0 Å². The molecule has 3 aliphatic carbocycles. The van der Waals surface area contributed by atoms with Crippen LogP contribution in [-0.2, 0) is 9.59 Å². The summed E-state index contributed by atoms with van der Waals surface area (Å²) in [4.78, 5) is 22.8. The second kappa shape index (κ2) is 5.78.